The number of nitrogens with zero attached hydrogens (tertiary/aromatic N) is 1. The van der Waals surface area contributed by atoms with Crippen LogP contribution in [0.2, 0.25) is 0 Å². The zero-order valence-corrected chi connectivity index (χ0v) is 16.4. The maximum atomic E-state index is 12.8. The molecule has 0 spiro atoms. The molecule has 2 aromatic carbocycles. The first-order valence-electron chi connectivity index (χ1n) is 10.2. The van der Waals surface area contributed by atoms with Crippen molar-refractivity contribution in [2.24, 2.45) is 0 Å². The van der Waals surface area contributed by atoms with Gasteiger partial charge in [0.25, 0.3) is 5.91 Å². The monoisotopic (exact) mass is 380 g/mol. The van der Waals surface area contributed by atoms with Gasteiger partial charge >= 0.3 is 0 Å². The van der Waals surface area contributed by atoms with Crippen LogP contribution in [-0.4, -0.2) is 43.7 Å². The number of amides is 1. The molecule has 1 N–H and O–H groups in total. The number of likely N-dealkylation sites (tertiary alicyclic amines) is 1. The second-order valence-corrected chi connectivity index (χ2v) is 7.59. The molecule has 5 heteroatoms. The summed E-state index contributed by atoms with van der Waals surface area (Å²) >= 11 is 0. The van der Waals surface area contributed by atoms with Crippen molar-refractivity contribution in [3.8, 4) is 11.5 Å². The summed E-state index contributed by atoms with van der Waals surface area (Å²) in [6.45, 7) is 6.11. The summed E-state index contributed by atoms with van der Waals surface area (Å²) in [5.41, 5.74) is 3.11. The van der Waals surface area contributed by atoms with Crippen LogP contribution in [0.1, 0.15) is 46.8 Å². The van der Waals surface area contributed by atoms with Crippen molar-refractivity contribution >= 4 is 5.91 Å². The van der Waals surface area contributed by atoms with E-state index in [1.54, 1.807) is 12.1 Å². The van der Waals surface area contributed by atoms with E-state index in [0.717, 1.165) is 19.5 Å². The molecular weight excluding hydrogens is 352 g/mol. The van der Waals surface area contributed by atoms with Crippen LogP contribution in [0, 0.1) is 6.92 Å². The minimum atomic E-state index is -0.0769. The van der Waals surface area contributed by atoms with Crippen molar-refractivity contribution in [1.82, 2.24) is 10.2 Å². The van der Waals surface area contributed by atoms with E-state index in [-0.39, 0.29) is 11.9 Å². The zero-order valence-electron chi connectivity index (χ0n) is 16.4. The molecule has 2 aliphatic heterocycles. The number of carbonyl (C=O) groups excluding carboxylic acids is 1. The molecule has 1 amide bonds. The third-order valence-electron chi connectivity index (χ3n) is 5.51. The van der Waals surface area contributed by atoms with E-state index in [1.165, 1.54) is 24.0 Å². The van der Waals surface area contributed by atoms with Crippen LogP contribution in [0.4, 0.5) is 0 Å². The molecule has 5 nitrogen and oxygen atoms in total. The SMILES string of the molecule is Cc1ccc(C(CNC(=O)c2ccc3c(c2)OCCCO3)N2CCCC2)cc1. The Bertz CT molecular complexity index is 813. The Morgan fingerprint density at radius 3 is 2.46 bits per heavy atom. The topological polar surface area (TPSA) is 50.8 Å². The fourth-order valence-electron chi connectivity index (χ4n) is 3.90. The van der Waals surface area contributed by atoms with Gasteiger partial charge in [-0.3, -0.25) is 9.69 Å². The predicted octanol–water partition coefficient (Wildman–Crippen LogP) is 3.72. The lowest BCUT2D eigenvalue weighted by molar-refractivity contribution is 0.0937. The quantitative estimate of drug-likeness (QED) is 0.859. The standard InChI is InChI=1S/C23H28N2O3/c1-17-5-7-18(8-6-17)20(25-11-2-3-12-25)16-24-23(26)19-9-10-21-22(15-19)28-14-4-13-27-21/h5-10,15,20H,2-4,11-14,16H2,1H3,(H,24,26). The molecule has 1 unspecified atom stereocenters. The minimum Gasteiger partial charge on any atom is -0.490 e. The highest BCUT2D eigenvalue weighted by molar-refractivity contribution is 5.94. The maximum absolute atomic E-state index is 12.8. The van der Waals surface area contributed by atoms with Crippen LogP contribution in [0.25, 0.3) is 0 Å². The molecule has 1 fully saturated rings. The third-order valence-corrected chi connectivity index (χ3v) is 5.51. The van der Waals surface area contributed by atoms with Gasteiger partial charge in [0.15, 0.2) is 11.5 Å². The Hall–Kier alpha value is -2.53. The second-order valence-electron chi connectivity index (χ2n) is 7.59. The van der Waals surface area contributed by atoms with Gasteiger partial charge in [0, 0.05) is 18.5 Å². The van der Waals surface area contributed by atoms with Crippen molar-refractivity contribution in [3.05, 3.63) is 59.2 Å². The first-order chi connectivity index (χ1) is 13.7. The average molecular weight is 380 g/mol. The van der Waals surface area contributed by atoms with Crippen molar-refractivity contribution in [3.63, 3.8) is 0 Å². The lowest BCUT2D eigenvalue weighted by atomic mass is 10.0. The molecule has 4 rings (SSSR count). The fourth-order valence-corrected chi connectivity index (χ4v) is 3.90. The van der Waals surface area contributed by atoms with Crippen LogP contribution in [-0.2, 0) is 0 Å². The van der Waals surface area contributed by atoms with Crippen molar-refractivity contribution in [2.75, 3.05) is 32.8 Å². The van der Waals surface area contributed by atoms with Gasteiger partial charge in [-0.2, -0.15) is 0 Å². The van der Waals surface area contributed by atoms with E-state index >= 15 is 0 Å². The first-order valence-corrected chi connectivity index (χ1v) is 10.2. The number of hydrogen-bond donors (Lipinski definition) is 1. The van der Waals surface area contributed by atoms with Crippen LogP contribution in [0.5, 0.6) is 11.5 Å². The summed E-state index contributed by atoms with van der Waals surface area (Å²) in [7, 11) is 0. The molecule has 28 heavy (non-hydrogen) atoms. The molecule has 2 aliphatic rings. The van der Waals surface area contributed by atoms with E-state index in [9.17, 15) is 4.79 Å². The van der Waals surface area contributed by atoms with Crippen molar-refractivity contribution in [2.45, 2.75) is 32.2 Å². The Kier molecular flexibility index (Phi) is 5.81. The maximum Gasteiger partial charge on any atom is 0.251 e. The Morgan fingerprint density at radius 1 is 1.00 bits per heavy atom. The summed E-state index contributed by atoms with van der Waals surface area (Å²) in [5.74, 6) is 1.29. The van der Waals surface area contributed by atoms with Gasteiger partial charge in [-0.1, -0.05) is 29.8 Å². The van der Waals surface area contributed by atoms with Crippen LogP contribution < -0.4 is 14.8 Å². The highest BCUT2D eigenvalue weighted by Crippen LogP contribution is 2.30. The summed E-state index contributed by atoms with van der Waals surface area (Å²) < 4.78 is 11.4. The zero-order chi connectivity index (χ0) is 19.3. The van der Waals surface area contributed by atoms with Crippen LogP contribution in [0.15, 0.2) is 42.5 Å². The number of rotatable bonds is 5. The Labute approximate surface area is 166 Å². The van der Waals surface area contributed by atoms with Gasteiger partial charge in [0.05, 0.1) is 19.3 Å². The molecule has 0 bridgehead atoms. The van der Waals surface area contributed by atoms with Gasteiger partial charge in [-0.25, -0.2) is 0 Å². The van der Waals surface area contributed by atoms with Gasteiger partial charge in [-0.15, -0.1) is 0 Å². The number of carbonyl (C=O) groups is 1. The number of ether oxygens (including phenoxy) is 2. The molecule has 1 atom stereocenters. The van der Waals surface area contributed by atoms with Crippen LogP contribution >= 0.6 is 0 Å². The van der Waals surface area contributed by atoms with Crippen molar-refractivity contribution in [1.29, 1.82) is 0 Å². The molecule has 148 valence electrons. The van der Waals surface area contributed by atoms with Crippen molar-refractivity contribution < 1.29 is 14.3 Å². The van der Waals surface area contributed by atoms with Gasteiger partial charge in [0.2, 0.25) is 0 Å². The van der Waals surface area contributed by atoms with E-state index in [2.05, 4.69) is 41.4 Å². The van der Waals surface area contributed by atoms with Gasteiger partial charge < -0.3 is 14.8 Å². The van der Waals surface area contributed by atoms with Crippen LogP contribution in [0.3, 0.4) is 0 Å². The normalized spacial score (nSPS) is 17.8. The lowest BCUT2D eigenvalue weighted by Gasteiger charge is -2.28. The molecule has 1 saturated heterocycles. The molecule has 0 radical (unpaired) electrons. The predicted molar refractivity (Wildman–Crippen MR) is 109 cm³/mol. The number of hydrogen-bond acceptors (Lipinski definition) is 4. The summed E-state index contributed by atoms with van der Waals surface area (Å²) in [6, 6.07) is 14.3. The number of fused-ring (bicyclic) bond motifs is 1. The molecule has 2 heterocycles. The largest absolute Gasteiger partial charge is 0.490 e. The number of benzene rings is 2. The first kappa shape index (κ1) is 18.8. The Balaban J connectivity index is 1.46. The van der Waals surface area contributed by atoms with E-state index in [4.69, 9.17) is 9.47 Å². The molecule has 0 aliphatic carbocycles. The highest BCUT2D eigenvalue weighted by Gasteiger charge is 2.24. The lowest BCUT2D eigenvalue weighted by Crippen LogP contribution is -2.36. The molecule has 0 saturated carbocycles. The summed E-state index contributed by atoms with van der Waals surface area (Å²) in [5, 5.41) is 3.13. The van der Waals surface area contributed by atoms with E-state index in [0.29, 0.717) is 36.8 Å². The minimum absolute atomic E-state index is 0.0769. The molecule has 0 aromatic heterocycles. The Morgan fingerprint density at radius 2 is 1.71 bits per heavy atom. The fraction of sp³-hybridized carbons (Fsp3) is 0.435. The summed E-state index contributed by atoms with van der Waals surface area (Å²) in [4.78, 5) is 15.3. The third kappa shape index (κ3) is 4.30. The number of nitrogens with one attached hydrogen (secondary N) is 1. The molecule has 2 aromatic rings. The second kappa shape index (κ2) is 8.65. The van der Waals surface area contributed by atoms with Gasteiger partial charge in [-0.05, 0) is 56.6 Å². The number of aryl methyl sites for hydroxylation is 1. The summed E-state index contributed by atoms with van der Waals surface area (Å²) in [6.07, 6.45) is 3.29. The van der Waals surface area contributed by atoms with Gasteiger partial charge in [0.1, 0.15) is 0 Å². The average Bonchev–Trinajstić information content (AvgIpc) is 3.14. The highest BCUT2D eigenvalue weighted by atomic mass is 16.5. The smallest absolute Gasteiger partial charge is 0.251 e. The molecular formula is C23H28N2O3. The van der Waals surface area contributed by atoms with E-state index < -0.39 is 0 Å². The van der Waals surface area contributed by atoms with E-state index in [1.807, 2.05) is 6.07 Å².